The molecule has 0 aliphatic heterocycles. The molecule has 8 rings (SSSR count). The molecular formula is C40H27NO. The third-order valence-electron chi connectivity index (χ3n) is 8.06. The van der Waals surface area contributed by atoms with E-state index in [2.05, 4.69) is 157 Å². The topological polar surface area (TPSA) is 16.4 Å². The number of anilines is 3. The summed E-state index contributed by atoms with van der Waals surface area (Å²) in [7, 11) is 0. The van der Waals surface area contributed by atoms with Crippen molar-refractivity contribution in [1.29, 1.82) is 0 Å². The average Bonchev–Trinajstić information content (AvgIpc) is 3.45. The van der Waals surface area contributed by atoms with Crippen LogP contribution in [0.3, 0.4) is 0 Å². The Morgan fingerprint density at radius 2 is 1.00 bits per heavy atom. The second-order valence-electron chi connectivity index (χ2n) is 10.5. The highest BCUT2D eigenvalue weighted by molar-refractivity contribution is 6.13. The van der Waals surface area contributed by atoms with E-state index < -0.39 is 0 Å². The third-order valence-corrected chi connectivity index (χ3v) is 8.06. The zero-order chi connectivity index (χ0) is 27.9. The lowest BCUT2D eigenvalue weighted by atomic mass is 9.94. The first kappa shape index (κ1) is 24.2. The van der Waals surface area contributed by atoms with Gasteiger partial charge in [-0.15, -0.1) is 0 Å². The predicted octanol–water partition coefficient (Wildman–Crippen LogP) is 11.5. The molecule has 0 aliphatic rings. The van der Waals surface area contributed by atoms with Crippen molar-refractivity contribution < 1.29 is 4.42 Å². The van der Waals surface area contributed by atoms with E-state index in [4.69, 9.17) is 4.42 Å². The molecule has 0 aliphatic carbocycles. The van der Waals surface area contributed by atoms with Crippen molar-refractivity contribution in [3.8, 4) is 22.3 Å². The van der Waals surface area contributed by atoms with Crippen molar-refractivity contribution >= 4 is 49.8 Å². The summed E-state index contributed by atoms with van der Waals surface area (Å²) in [5.74, 6) is 0. The summed E-state index contributed by atoms with van der Waals surface area (Å²) in [5.41, 5.74) is 9.82. The Morgan fingerprint density at radius 1 is 0.405 bits per heavy atom. The first-order valence-corrected chi connectivity index (χ1v) is 14.3. The van der Waals surface area contributed by atoms with Crippen LogP contribution in [0, 0.1) is 0 Å². The predicted molar refractivity (Wildman–Crippen MR) is 177 cm³/mol. The normalized spacial score (nSPS) is 11.3. The van der Waals surface area contributed by atoms with E-state index in [1.54, 1.807) is 0 Å². The first-order valence-electron chi connectivity index (χ1n) is 14.3. The molecule has 0 saturated heterocycles. The number of nitrogens with zero attached hydrogens (tertiary/aromatic N) is 1. The lowest BCUT2D eigenvalue weighted by Crippen LogP contribution is -2.11. The lowest BCUT2D eigenvalue weighted by Gasteiger charge is -2.28. The van der Waals surface area contributed by atoms with Crippen LogP contribution in [0.1, 0.15) is 0 Å². The molecule has 1 heterocycles. The van der Waals surface area contributed by atoms with E-state index in [0.29, 0.717) is 0 Å². The lowest BCUT2D eigenvalue weighted by molar-refractivity contribution is 0.669. The van der Waals surface area contributed by atoms with Gasteiger partial charge < -0.3 is 9.32 Å². The van der Waals surface area contributed by atoms with Crippen LogP contribution in [0.4, 0.5) is 17.1 Å². The van der Waals surface area contributed by atoms with Gasteiger partial charge in [-0.3, -0.25) is 0 Å². The van der Waals surface area contributed by atoms with Crippen molar-refractivity contribution in [3.05, 3.63) is 164 Å². The molecule has 0 fully saturated rings. The van der Waals surface area contributed by atoms with Gasteiger partial charge in [0, 0.05) is 16.6 Å². The summed E-state index contributed by atoms with van der Waals surface area (Å²) < 4.78 is 6.30. The van der Waals surface area contributed by atoms with E-state index in [9.17, 15) is 0 Å². The molecule has 2 heteroatoms. The number of furan rings is 1. The summed E-state index contributed by atoms with van der Waals surface area (Å²) in [4.78, 5) is 2.37. The van der Waals surface area contributed by atoms with E-state index >= 15 is 0 Å². The SMILES string of the molecule is c1ccc(N(c2ccccc2-c2cccc(-c3cccc4ccccc34)c2)c2cccc3oc4ccccc4c23)cc1. The second kappa shape index (κ2) is 10.1. The number of fused-ring (bicyclic) bond motifs is 4. The summed E-state index contributed by atoms with van der Waals surface area (Å²) in [6.45, 7) is 0. The molecule has 2 nitrogen and oxygen atoms in total. The zero-order valence-electron chi connectivity index (χ0n) is 22.9. The van der Waals surface area contributed by atoms with Gasteiger partial charge in [0.1, 0.15) is 11.2 Å². The third kappa shape index (κ3) is 4.05. The summed E-state index contributed by atoms with van der Waals surface area (Å²) in [6, 6.07) is 58.0. The van der Waals surface area contributed by atoms with E-state index in [0.717, 1.165) is 44.6 Å². The molecule has 0 radical (unpaired) electrons. The van der Waals surface area contributed by atoms with Crippen molar-refractivity contribution in [2.24, 2.45) is 0 Å². The van der Waals surface area contributed by atoms with Gasteiger partial charge in [0.25, 0.3) is 0 Å². The number of rotatable bonds is 5. The number of hydrogen-bond acceptors (Lipinski definition) is 2. The smallest absolute Gasteiger partial charge is 0.137 e. The van der Waals surface area contributed by atoms with Gasteiger partial charge in [-0.2, -0.15) is 0 Å². The van der Waals surface area contributed by atoms with E-state index in [1.807, 2.05) is 12.1 Å². The minimum absolute atomic E-state index is 0.880. The van der Waals surface area contributed by atoms with Crippen LogP contribution in [0.2, 0.25) is 0 Å². The average molecular weight is 538 g/mol. The summed E-state index contributed by atoms with van der Waals surface area (Å²) >= 11 is 0. The molecule has 0 N–H and O–H groups in total. The Hall–Kier alpha value is -5.60. The molecule has 198 valence electrons. The Labute approximate surface area is 244 Å². The van der Waals surface area contributed by atoms with Gasteiger partial charge >= 0.3 is 0 Å². The molecule has 0 bridgehead atoms. The maximum atomic E-state index is 6.30. The molecule has 0 unspecified atom stereocenters. The van der Waals surface area contributed by atoms with Gasteiger partial charge in [-0.1, -0.05) is 121 Å². The van der Waals surface area contributed by atoms with Gasteiger partial charge in [0.2, 0.25) is 0 Å². The molecular weight excluding hydrogens is 510 g/mol. The van der Waals surface area contributed by atoms with Crippen LogP contribution >= 0.6 is 0 Å². The maximum Gasteiger partial charge on any atom is 0.137 e. The largest absolute Gasteiger partial charge is 0.456 e. The monoisotopic (exact) mass is 537 g/mol. The molecule has 0 spiro atoms. The molecule has 42 heavy (non-hydrogen) atoms. The van der Waals surface area contributed by atoms with Crippen LogP contribution < -0.4 is 4.90 Å². The van der Waals surface area contributed by atoms with Crippen LogP contribution in [0.15, 0.2) is 168 Å². The molecule has 7 aromatic carbocycles. The summed E-state index contributed by atoms with van der Waals surface area (Å²) in [5, 5.41) is 4.72. The second-order valence-corrected chi connectivity index (χ2v) is 10.5. The Bertz CT molecular complexity index is 2200. The highest BCUT2D eigenvalue weighted by Gasteiger charge is 2.21. The van der Waals surface area contributed by atoms with Crippen molar-refractivity contribution in [3.63, 3.8) is 0 Å². The standard InChI is InChI=1S/C40H27NO/c1-2-17-31(18-3-1)41(37-24-12-26-39-40(37)35-21-7-9-25-38(35)42-39)36-23-8-6-20-34(36)30-16-10-15-29(27-30)33-22-11-14-28-13-4-5-19-32(28)33/h1-27H. The van der Waals surface area contributed by atoms with Crippen LogP contribution in [0.5, 0.6) is 0 Å². The molecule has 1 aromatic heterocycles. The highest BCUT2D eigenvalue weighted by atomic mass is 16.3. The van der Waals surface area contributed by atoms with Gasteiger partial charge in [0.15, 0.2) is 0 Å². The Kier molecular flexibility index (Phi) is 5.82. The minimum Gasteiger partial charge on any atom is -0.456 e. The summed E-state index contributed by atoms with van der Waals surface area (Å²) in [6.07, 6.45) is 0. The quantitative estimate of drug-likeness (QED) is 0.217. The fourth-order valence-corrected chi connectivity index (χ4v) is 6.17. The fraction of sp³-hybridized carbons (Fsp3) is 0. The molecule has 0 amide bonds. The molecule has 0 atom stereocenters. The van der Waals surface area contributed by atoms with Crippen LogP contribution in [0.25, 0.3) is 55.0 Å². The Morgan fingerprint density at radius 3 is 1.90 bits per heavy atom. The number of benzene rings is 7. The minimum atomic E-state index is 0.880. The molecule has 8 aromatic rings. The van der Waals surface area contributed by atoms with Gasteiger partial charge in [0.05, 0.1) is 16.8 Å². The fourth-order valence-electron chi connectivity index (χ4n) is 6.17. The van der Waals surface area contributed by atoms with E-state index in [-0.39, 0.29) is 0 Å². The van der Waals surface area contributed by atoms with Crippen molar-refractivity contribution in [2.45, 2.75) is 0 Å². The van der Waals surface area contributed by atoms with Crippen LogP contribution in [-0.4, -0.2) is 0 Å². The van der Waals surface area contributed by atoms with Crippen molar-refractivity contribution in [2.75, 3.05) is 4.90 Å². The highest BCUT2D eigenvalue weighted by Crippen LogP contribution is 2.46. The van der Waals surface area contributed by atoms with E-state index in [1.165, 1.54) is 27.5 Å². The van der Waals surface area contributed by atoms with Gasteiger partial charge in [-0.05, 0) is 69.9 Å². The number of hydrogen-bond donors (Lipinski definition) is 0. The first-order chi connectivity index (χ1) is 20.8. The van der Waals surface area contributed by atoms with Crippen LogP contribution in [-0.2, 0) is 0 Å². The zero-order valence-corrected chi connectivity index (χ0v) is 22.9. The number of para-hydroxylation sites is 3. The Balaban J connectivity index is 1.36. The van der Waals surface area contributed by atoms with Crippen molar-refractivity contribution in [1.82, 2.24) is 0 Å². The molecule has 0 saturated carbocycles. The maximum absolute atomic E-state index is 6.30. The van der Waals surface area contributed by atoms with Gasteiger partial charge in [-0.25, -0.2) is 0 Å².